The minimum absolute atomic E-state index is 0.187. The fourth-order valence-electron chi connectivity index (χ4n) is 2.06. The fraction of sp³-hybridized carbons (Fsp3) is 0.214. The van der Waals surface area contributed by atoms with E-state index in [1.165, 1.54) is 18.4 Å². The minimum atomic E-state index is -4.59. The van der Waals surface area contributed by atoms with Crippen molar-refractivity contribution in [1.82, 2.24) is 14.8 Å². The second-order valence-corrected chi connectivity index (χ2v) is 6.01. The molecule has 1 amide bonds. The Morgan fingerprint density at radius 1 is 1.30 bits per heavy atom. The number of rotatable bonds is 2. The zero-order valence-corrected chi connectivity index (χ0v) is 12.9. The number of alkyl halides is 3. The van der Waals surface area contributed by atoms with Crippen molar-refractivity contribution in [2.45, 2.75) is 13.1 Å². The normalized spacial score (nSPS) is 11.9. The minimum Gasteiger partial charge on any atom is -0.296 e. The topological polar surface area (TPSA) is 59.8 Å². The number of thiazole rings is 1. The molecule has 0 aliphatic rings. The molecule has 0 aliphatic carbocycles. The van der Waals surface area contributed by atoms with Gasteiger partial charge in [-0.15, -0.1) is 0 Å². The number of halogens is 3. The molecule has 120 valence electrons. The smallest absolute Gasteiger partial charge is 0.296 e. The van der Waals surface area contributed by atoms with Gasteiger partial charge in [-0.2, -0.15) is 18.3 Å². The van der Waals surface area contributed by atoms with Gasteiger partial charge in [-0.1, -0.05) is 17.4 Å². The molecule has 0 saturated heterocycles. The number of aromatic nitrogens is 3. The quantitative estimate of drug-likeness (QED) is 0.775. The Morgan fingerprint density at radius 3 is 2.70 bits per heavy atom. The van der Waals surface area contributed by atoms with Crippen LogP contribution in [0.25, 0.3) is 10.2 Å². The van der Waals surface area contributed by atoms with E-state index >= 15 is 0 Å². The lowest BCUT2D eigenvalue weighted by Crippen LogP contribution is -2.15. The summed E-state index contributed by atoms with van der Waals surface area (Å²) >= 11 is 1.26. The number of benzene rings is 1. The molecule has 0 fully saturated rings. The summed E-state index contributed by atoms with van der Waals surface area (Å²) in [6, 6.07) is 6.36. The molecule has 3 rings (SSSR count). The van der Waals surface area contributed by atoms with E-state index in [4.69, 9.17) is 0 Å². The van der Waals surface area contributed by atoms with Crippen LogP contribution in [0.4, 0.5) is 18.3 Å². The van der Waals surface area contributed by atoms with Gasteiger partial charge >= 0.3 is 6.18 Å². The summed E-state index contributed by atoms with van der Waals surface area (Å²) < 4.78 is 39.7. The lowest BCUT2D eigenvalue weighted by molar-refractivity contribution is -0.141. The van der Waals surface area contributed by atoms with Gasteiger partial charge in [-0.3, -0.25) is 14.8 Å². The van der Waals surface area contributed by atoms with Gasteiger partial charge in [-0.25, -0.2) is 4.98 Å². The van der Waals surface area contributed by atoms with Gasteiger partial charge in [-0.05, 0) is 24.6 Å². The Labute approximate surface area is 132 Å². The van der Waals surface area contributed by atoms with Crippen LogP contribution in [0.1, 0.15) is 21.7 Å². The van der Waals surface area contributed by atoms with Crippen LogP contribution >= 0.6 is 11.3 Å². The van der Waals surface area contributed by atoms with Crippen LogP contribution in [0, 0.1) is 6.92 Å². The van der Waals surface area contributed by atoms with Gasteiger partial charge in [0.25, 0.3) is 5.91 Å². The van der Waals surface area contributed by atoms with Gasteiger partial charge < -0.3 is 0 Å². The summed E-state index contributed by atoms with van der Waals surface area (Å²) in [6.07, 6.45) is -4.59. The van der Waals surface area contributed by atoms with Gasteiger partial charge in [0, 0.05) is 13.1 Å². The highest BCUT2D eigenvalue weighted by Gasteiger charge is 2.35. The summed E-state index contributed by atoms with van der Waals surface area (Å²) in [5, 5.41) is 6.15. The number of fused-ring (bicyclic) bond motifs is 1. The Kier molecular flexibility index (Phi) is 3.59. The van der Waals surface area contributed by atoms with E-state index in [1.807, 2.05) is 25.1 Å². The first kappa shape index (κ1) is 15.5. The van der Waals surface area contributed by atoms with Crippen molar-refractivity contribution in [2.24, 2.45) is 7.05 Å². The molecule has 1 aromatic carbocycles. The largest absolute Gasteiger partial charge is 0.435 e. The van der Waals surface area contributed by atoms with Crippen LogP contribution in [-0.4, -0.2) is 20.7 Å². The van der Waals surface area contributed by atoms with Crippen molar-refractivity contribution in [2.75, 3.05) is 5.32 Å². The van der Waals surface area contributed by atoms with Crippen molar-refractivity contribution in [3.8, 4) is 0 Å². The Balaban J connectivity index is 1.87. The number of nitrogens with zero attached hydrogens (tertiary/aromatic N) is 3. The first-order valence-corrected chi connectivity index (χ1v) is 7.35. The van der Waals surface area contributed by atoms with Crippen molar-refractivity contribution < 1.29 is 18.0 Å². The van der Waals surface area contributed by atoms with E-state index in [1.54, 1.807) is 0 Å². The van der Waals surface area contributed by atoms with Crippen LogP contribution in [-0.2, 0) is 13.2 Å². The molecule has 0 atom stereocenters. The monoisotopic (exact) mass is 340 g/mol. The number of amides is 1. The predicted molar refractivity (Wildman–Crippen MR) is 80.5 cm³/mol. The van der Waals surface area contributed by atoms with Gasteiger partial charge in [0.2, 0.25) is 0 Å². The summed E-state index contributed by atoms with van der Waals surface area (Å²) in [4.78, 5) is 16.4. The number of aryl methyl sites for hydroxylation is 2. The highest BCUT2D eigenvalue weighted by Crippen LogP contribution is 2.29. The molecular formula is C14H11F3N4OS. The van der Waals surface area contributed by atoms with E-state index in [-0.39, 0.29) is 5.69 Å². The molecule has 0 aliphatic heterocycles. The summed E-state index contributed by atoms with van der Waals surface area (Å²) in [5.41, 5.74) is 0.482. The van der Waals surface area contributed by atoms with Gasteiger partial charge in [0.1, 0.15) is 5.69 Å². The molecular weight excluding hydrogens is 329 g/mol. The first-order valence-electron chi connectivity index (χ1n) is 6.54. The molecule has 0 bridgehead atoms. The second-order valence-electron chi connectivity index (χ2n) is 4.98. The maximum Gasteiger partial charge on any atom is 0.435 e. The van der Waals surface area contributed by atoms with Crippen LogP contribution in [0.15, 0.2) is 24.3 Å². The van der Waals surface area contributed by atoms with Gasteiger partial charge in [0.05, 0.1) is 10.2 Å². The SMILES string of the molecule is Cc1ccc2nc(NC(=O)c3cc(C(F)(F)F)nn3C)sc2c1. The summed E-state index contributed by atoms with van der Waals surface area (Å²) in [6.45, 7) is 1.94. The molecule has 2 heterocycles. The van der Waals surface area contributed by atoms with Crippen LogP contribution in [0.2, 0.25) is 0 Å². The van der Waals surface area contributed by atoms with E-state index in [9.17, 15) is 18.0 Å². The molecule has 0 unspecified atom stereocenters. The number of anilines is 1. The Morgan fingerprint density at radius 2 is 2.04 bits per heavy atom. The number of carbonyl (C=O) groups excluding carboxylic acids is 1. The van der Waals surface area contributed by atoms with Crippen molar-refractivity contribution in [3.05, 3.63) is 41.2 Å². The molecule has 23 heavy (non-hydrogen) atoms. The van der Waals surface area contributed by atoms with Gasteiger partial charge in [0.15, 0.2) is 10.8 Å². The Hall–Kier alpha value is -2.42. The van der Waals surface area contributed by atoms with E-state index in [2.05, 4.69) is 15.4 Å². The van der Waals surface area contributed by atoms with Crippen molar-refractivity contribution >= 4 is 32.6 Å². The van der Waals surface area contributed by atoms with Crippen LogP contribution in [0.5, 0.6) is 0 Å². The van der Waals surface area contributed by atoms with Crippen LogP contribution < -0.4 is 5.32 Å². The van der Waals surface area contributed by atoms with E-state index in [0.29, 0.717) is 11.2 Å². The number of hydrogen-bond donors (Lipinski definition) is 1. The average molecular weight is 340 g/mol. The number of carbonyl (C=O) groups is 1. The van der Waals surface area contributed by atoms with Crippen molar-refractivity contribution in [1.29, 1.82) is 0 Å². The second kappa shape index (κ2) is 5.34. The molecule has 0 saturated carbocycles. The average Bonchev–Trinajstić information content (AvgIpc) is 3.00. The number of hydrogen-bond acceptors (Lipinski definition) is 4. The lowest BCUT2D eigenvalue weighted by Gasteiger charge is -2.00. The third-order valence-corrected chi connectivity index (χ3v) is 4.10. The van der Waals surface area contributed by atoms with E-state index < -0.39 is 17.8 Å². The zero-order valence-electron chi connectivity index (χ0n) is 12.1. The third kappa shape index (κ3) is 3.04. The standard InChI is InChI=1S/C14H11F3N4OS/c1-7-3-4-8-10(5-7)23-13(18-8)19-12(22)9-6-11(14(15,16)17)20-21(9)2/h3-6H,1-2H3,(H,18,19,22). The predicted octanol–water partition coefficient (Wildman–Crippen LogP) is 3.61. The molecule has 1 N–H and O–H groups in total. The highest BCUT2D eigenvalue weighted by molar-refractivity contribution is 7.22. The number of nitrogens with one attached hydrogen (secondary N) is 1. The highest BCUT2D eigenvalue weighted by atomic mass is 32.1. The van der Waals surface area contributed by atoms with Crippen molar-refractivity contribution in [3.63, 3.8) is 0 Å². The zero-order chi connectivity index (χ0) is 16.8. The fourth-order valence-corrected chi connectivity index (χ4v) is 3.02. The van der Waals surface area contributed by atoms with E-state index in [0.717, 1.165) is 20.5 Å². The molecule has 9 heteroatoms. The lowest BCUT2D eigenvalue weighted by atomic mass is 10.2. The van der Waals surface area contributed by atoms with Crippen LogP contribution in [0.3, 0.4) is 0 Å². The maximum atomic E-state index is 12.6. The third-order valence-electron chi connectivity index (χ3n) is 3.17. The maximum absolute atomic E-state index is 12.6. The molecule has 2 aromatic heterocycles. The molecule has 0 spiro atoms. The first-order chi connectivity index (χ1) is 10.7. The molecule has 5 nitrogen and oxygen atoms in total. The Bertz CT molecular complexity index is 897. The molecule has 0 radical (unpaired) electrons. The summed E-state index contributed by atoms with van der Waals surface area (Å²) in [7, 11) is 1.28. The summed E-state index contributed by atoms with van der Waals surface area (Å²) in [5.74, 6) is -0.689. The molecule has 3 aromatic rings.